The first kappa shape index (κ1) is 15.2. The molecule has 110 valence electrons. The van der Waals surface area contributed by atoms with E-state index in [1.54, 1.807) is 19.9 Å². The Balaban J connectivity index is 2.03. The van der Waals surface area contributed by atoms with Crippen LogP contribution in [0.2, 0.25) is 0 Å². The van der Waals surface area contributed by atoms with Gasteiger partial charge < -0.3 is 9.63 Å². The van der Waals surface area contributed by atoms with Crippen LogP contribution >= 0.6 is 11.3 Å². The summed E-state index contributed by atoms with van der Waals surface area (Å²) in [5.41, 5.74) is -0.594. The lowest BCUT2D eigenvalue weighted by atomic mass is 10.1. The molecule has 0 aliphatic rings. The summed E-state index contributed by atoms with van der Waals surface area (Å²) in [6, 6.07) is 5.42. The van der Waals surface area contributed by atoms with Crippen molar-refractivity contribution in [2.75, 3.05) is 5.75 Å². The van der Waals surface area contributed by atoms with E-state index in [1.165, 1.54) is 11.3 Å². The van der Waals surface area contributed by atoms with Gasteiger partial charge in [-0.1, -0.05) is 11.2 Å². The number of rotatable bonds is 6. The van der Waals surface area contributed by atoms with Gasteiger partial charge in [-0.2, -0.15) is 0 Å². The number of sulfone groups is 1. The van der Waals surface area contributed by atoms with Crippen LogP contribution in [0.25, 0.3) is 10.6 Å². The second kappa shape index (κ2) is 5.67. The molecule has 7 heteroatoms. The average Bonchev–Trinajstić information content (AvgIpc) is 2.95. The second-order valence-electron chi connectivity index (χ2n) is 5.31. The normalized spacial score (nSPS) is 12.8. The Hall–Kier alpha value is -1.18. The fourth-order valence-corrected chi connectivity index (χ4v) is 3.83. The van der Waals surface area contributed by atoms with E-state index >= 15 is 0 Å². The molecule has 0 amide bonds. The molecule has 0 aliphatic heterocycles. The molecule has 2 aromatic rings. The van der Waals surface area contributed by atoms with Crippen molar-refractivity contribution in [2.24, 2.45) is 0 Å². The van der Waals surface area contributed by atoms with Crippen molar-refractivity contribution >= 4 is 21.2 Å². The molecule has 0 atom stereocenters. The Morgan fingerprint density at radius 3 is 2.80 bits per heavy atom. The highest BCUT2D eigenvalue weighted by atomic mass is 32.2. The molecule has 1 N–H and O–H groups in total. The lowest BCUT2D eigenvalue weighted by Gasteiger charge is -2.16. The monoisotopic (exact) mass is 315 g/mol. The van der Waals surface area contributed by atoms with E-state index in [9.17, 15) is 13.5 Å². The molecule has 2 heterocycles. The topological polar surface area (TPSA) is 80.4 Å². The molecule has 20 heavy (non-hydrogen) atoms. The maximum atomic E-state index is 12.0. The van der Waals surface area contributed by atoms with Crippen molar-refractivity contribution in [3.05, 3.63) is 29.3 Å². The van der Waals surface area contributed by atoms with Gasteiger partial charge in [0.25, 0.3) is 0 Å². The van der Waals surface area contributed by atoms with Gasteiger partial charge in [0.2, 0.25) is 0 Å². The zero-order chi connectivity index (χ0) is 14.8. The minimum Gasteiger partial charge on any atom is -0.390 e. The van der Waals surface area contributed by atoms with Crippen LogP contribution in [0.4, 0.5) is 0 Å². The predicted octanol–water partition coefficient (Wildman–Crippen LogP) is 2.48. The van der Waals surface area contributed by atoms with Crippen LogP contribution in [0, 0.1) is 0 Å². The van der Waals surface area contributed by atoms with Crippen LogP contribution in [-0.4, -0.2) is 30.0 Å². The van der Waals surface area contributed by atoms with Crippen molar-refractivity contribution in [3.63, 3.8) is 0 Å². The summed E-state index contributed by atoms with van der Waals surface area (Å²) in [4.78, 5) is 0.914. The number of nitrogens with zero attached hydrogens (tertiary/aromatic N) is 1. The van der Waals surface area contributed by atoms with E-state index in [0.29, 0.717) is 11.5 Å². The van der Waals surface area contributed by atoms with Gasteiger partial charge >= 0.3 is 0 Å². The van der Waals surface area contributed by atoms with Gasteiger partial charge in [-0.3, -0.25) is 0 Å². The van der Waals surface area contributed by atoms with E-state index in [-0.39, 0.29) is 17.9 Å². The minimum absolute atomic E-state index is 0.0717. The first-order valence-electron chi connectivity index (χ1n) is 6.17. The summed E-state index contributed by atoms with van der Waals surface area (Å²) >= 11 is 1.50. The number of aromatic nitrogens is 1. The molecular formula is C13H17NO4S2. The van der Waals surface area contributed by atoms with Crippen molar-refractivity contribution in [2.45, 2.75) is 31.6 Å². The van der Waals surface area contributed by atoms with Crippen molar-refractivity contribution in [1.29, 1.82) is 0 Å². The second-order valence-corrected chi connectivity index (χ2v) is 8.45. The van der Waals surface area contributed by atoms with Crippen molar-refractivity contribution < 1.29 is 18.0 Å². The fraction of sp³-hybridized carbons (Fsp3) is 0.462. The third-order valence-corrected chi connectivity index (χ3v) is 5.16. The van der Waals surface area contributed by atoms with Crippen molar-refractivity contribution in [1.82, 2.24) is 5.16 Å². The summed E-state index contributed by atoms with van der Waals surface area (Å²) in [5, 5.41) is 15.3. The Morgan fingerprint density at radius 2 is 2.20 bits per heavy atom. The molecule has 2 aromatic heterocycles. The molecule has 2 rings (SSSR count). The van der Waals surface area contributed by atoms with Crippen LogP contribution in [-0.2, 0) is 15.6 Å². The summed E-state index contributed by atoms with van der Waals surface area (Å²) in [6.45, 7) is 3.18. The first-order valence-corrected chi connectivity index (χ1v) is 8.88. The molecule has 0 saturated carbocycles. The number of hydrogen-bond acceptors (Lipinski definition) is 6. The Kier molecular flexibility index (Phi) is 4.31. The quantitative estimate of drug-likeness (QED) is 0.885. The maximum Gasteiger partial charge on any atom is 0.177 e. The third-order valence-electron chi connectivity index (χ3n) is 2.72. The van der Waals surface area contributed by atoms with Gasteiger partial charge in [0.15, 0.2) is 15.6 Å². The summed E-state index contributed by atoms with van der Waals surface area (Å²) in [6.07, 6.45) is 0.199. The van der Waals surface area contributed by atoms with Gasteiger partial charge in [0, 0.05) is 6.07 Å². The lowest BCUT2D eigenvalue weighted by molar-refractivity contribution is 0.0772. The van der Waals surface area contributed by atoms with Gasteiger partial charge in [0.1, 0.15) is 0 Å². The molecule has 0 spiro atoms. The number of thiophene rings is 1. The SMILES string of the molecule is CC(C)(O)CCS(=O)(=O)Cc1cc(-c2cccs2)on1. The van der Waals surface area contributed by atoms with Crippen LogP contribution in [0.15, 0.2) is 28.1 Å². The standard InChI is InChI=1S/C13H17NO4S2/c1-13(2,15)5-7-20(16,17)9-10-8-11(18-14-10)12-4-3-6-19-12/h3-4,6,8,15H,5,7,9H2,1-2H3. The summed E-state index contributed by atoms with van der Waals surface area (Å²) in [5.74, 6) is 0.336. The molecule has 0 bridgehead atoms. The van der Waals surface area contributed by atoms with Crippen LogP contribution in [0.1, 0.15) is 26.0 Å². The van der Waals surface area contributed by atoms with E-state index in [4.69, 9.17) is 4.52 Å². The molecule has 0 aromatic carbocycles. The van der Waals surface area contributed by atoms with E-state index in [2.05, 4.69) is 5.16 Å². The summed E-state index contributed by atoms with van der Waals surface area (Å²) in [7, 11) is -3.30. The molecule has 0 radical (unpaired) electrons. The highest BCUT2D eigenvalue weighted by molar-refractivity contribution is 7.90. The maximum absolute atomic E-state index is 12.0. The molecular weight excluding hydrogens is 298 g/mol. The Morgan fingerprint density at radius 1 is 1.45 bits per heavy atom. The molecule has 5 nitrogen and oxygen atoms in total. The molecule has 0 saturated heterocycles. The average molecular weight is 315 g/mol. The lowest BCUT2D eigenvalue weighted by Crippen LogP contribution is -2.24. The van der Waals surface area contributed by atoms with E-state index < -0.39 is 15.4 Å². The summed E-state index contributed by atoms with van der Waals surface area (Å²) < 4.78 is 29.1. The smallest absolute Gasteiger partial charge is 0.177 e. The predicted molar refractivity (Wildman–Crippen MR) is 78.2 cm³/mol. The largest absolute Gasteiger partial charge is 0.390 e. The zero-order valence-corrected chi connectivity index (χ0v) is 13.0. The highest BCUT2D eigenvalue weighted by Crippen LogP contribution is 2.25. The fourth-order valence-electron chi connectivity index (χ4n) is 1.62. The van der Waals surface area contributed by atoms with Crippen LogP contribution in [0.5, 0.6) is 0 Å². The number of hydrogen-bond donors (Lipinski definition) is 1. The third kappa shape index (κ3) is 4.43. The molecule has 0 fully saturated rings. The molecule has 0 unspecified atom stereocenters. The first-order chi connectivity index (χ1) is 9.25. The Bertz CT molecular complexity index is 651. The van der Waals surface area contributed by atoms with Gasteiger partial charge in [0.05, 0.1) is 27.7 Å². The minimum atomic E-state index is -3.30. The Labute approximate surface area is 122 Å². The highest BCUT2D eigenvalue weighted by Gasteiger charge is 2.21. The molecule has 0 aliphatic carbocycles. The van der Waals surface area contributed by atoms with Crippen LogP contribution < -0.4 is 0 Å². The van der Waals surface area contributed by atoms with Crippen LogP contribution in [0.3, 0.4) is 0 Å². The zero-order valence-electron chi connectivity index (χ0n) is 11.4. The number of aliphatic hydroxyl groups is 1. The van der Waals surface area contributed by atoms with Gasteiger partial charge in [-0.05, 0) is 31.7 Å². The van der Waals surface area contributed by atoms with Crippen molar-refractivity contribution in [3.8, 4) is 10.6 Å². The van der Waals surface area contributed by atoms with Gasteiger partial charge in [-0.15, -0.1) is 11.3 Å². The van der Waals surface area contributed by atoms with Gasteiger partial charge in [-0.25, -0.2) is 8.42 Å². The van der Waals surface area contributed by atoms with E-state index in [1.807, 2.05) is 17.5 Å². The van der Waals surface area contributed by atoms with E-state index in [0.717, 1.165) is 4.88 Å².